The van der Waals surface area contributed by atoms with Crippen LogP contribution in [-0.4, -0.2) is 65.4 Å². The molecule has 0 aliphatic rings. The third-order valence-electron chi connectivity index (χ3n) is 5.92. The number of hydrogen-bond acceptors (Lipinski definition) is 6. The van der Waals surface area contributed by atoms with Gasteiger partial charge in [0.15, 0.2) is 0 Å². The van der Waals surface area contributed by atoms with Crippen molar-refractivity contribution in [2.24, 2.45) is 11.7 Å². The number of benzene rings is 2. The first-order chi connectivity index (χ1) is 18.5. The molecule has 11 heteroatoms. The zero-order chi connectivity index (χ0) is 28.9. The molecule has 4 amide bonds. The molecule has 0 bridgehead atoms. The third kappa shape index (κ3) is 10.6. The molecule has 0 saturated heterocycles. The molecule has 7 N–H and O–H groups in total. The van der Waals surface area contributed by atoms with Gasteiger partial charge in [0.2, 0.25) is 23.6 Å². The monoisotopic (exact) mass is 539 g/mol. The second-order valence-electron chi connectivity index (χ2n) is 9.64. The van der Waals surface area contributed by atoms with Crippen molar-refractivity contribution in [1.82, 2.24) is 21.3 Å². The molecule has 11 nitrogen and oxygen atoms in total. The van der Waals surface area contributed by atoms with Gasteiger partial charge in [-0.25, -0.2) is 4.79 Å². The van der Waals surface area contributed by atoms with Crippen molar-refractivity contribution in [1.29, 1.82) is 0 Å². The molecule has 2 rings (SSSR count). The summed E-state index contributed by atoms with van der Waals surface area (Å²) in [6.07, 6.45) is 0.258. The summed E-state index contributed by atoms with van der Waals surface area (Å²) < 4.78 is 0. The zero-order valence-electron chi connectivity index (χ0n) is 22.3. The van der Waals surface area contributed by atoms with E-state index in [0.29, 0.717) is 0 Å². The SMILES string of the molecule is CC(N)C(=O)NC(Cc1ccccc1)C(=O)NCC(=O)NC(C(=O)NC(Cc1ccccc1)C(=O)O)C(C)C. The number of rotatable bonds is 14. The van der Waals surface area contributed by atoms with E-state index >= 15 is 0 Å². The van der Waals surface area contributed by atoms with Gasteiger partial charge in [-0.3, -0.25) is 19.2 Å². The zero-order valence-corrected chi connectivity index (χ0v) is 22.3. The van der Waals surface area contributed by atoms with Gasteiger partial charge in [0.05, 0.1) is 12.6 Å². The Morgan fingerprint density at radius 3 is 1.67 bits per heavy atom. The molecule has 39 heavy (non-hydrogen) atoms. The second kappa shape index (κ2) is 15.2. The van der Waals surface area contributed by atoms with Crippen molar-refractivity contribution in [2.75, 3.05) is 6.54 Å². The maximum Gasteiger partial charge on any atom is 0.326 e. The van der Waals surface area contributed by atoms with Gasteiger partial charge in [-0.2, -0.15) is 0 Å². The highest BCUT2D eigenvalue weighted by molar-refractivity contribution is 5.94. The lowest BCUT2D eigenvalue weighted by Crippen LogP contribution is -2.56. The molecular weight excluding hydrogens is 502 g/mol. The predicted octanol–water partition coefficient (Wildman–Crippen LogP) is 0.130. The topological polar surface area (TPSA) is 180 Å². The van der Waals surface area contributed by atoms with Gasteiger partial charge in [0, 0.05) is 12.8 Å². The first-order valence-corrected chi connectivity index (χ1v) is 12.7. The number of carbonyl (C=O) groups excluding carboxylic acids is 4. The molecule has 0 heterocycles. The van der Waals surface area contributed by atoms with E-state index in [9.17, 15) is 29.1 Å². The Bertz CT molecular complexity index is 1120. The van der Waals surface area contributed by atoms with Crippen molar-refractivity contribution >= 4 is 29.6 Å². The molecule has 0 saturated carbocycles. The number of nitrogens with one attached hydrogen (secondary N) is 4. The van der Waals surface area contributed by atoms with Crippen molar-refractivity contribution < 1.29 is 29.1 Å². The van der Waals surface area contributed by atoms with Gasteiger partial charge in [0.1, 0.15) is 18.1 Å². The largest absolute Gasteiger partial charge is 0.480 e. The minimum absolute atomic E-state index is 0.0761. The summed E-state index contributed by atoms with van der Waals surface area (Å²) in [6, 6.07) is 13.9. The molecular formula is C28H37N5O6. The summed E-state index contributed by atoms with van der Waals surface area (Å²) in [7, 11) is 0. The van der Waals surface area contributed by atoms with Gasteiger partial charge in [-0.15, -0.1) is 0 Å². The lowest BCUT2D eigenvalue weighted by Gasteiger charge is -2.24. The van der Waals surface area contributed by atoms with Crippen molar-refractivity contribution in [3.05, 3.63) is 71.8 Å². The molecule has 0 spiro atoms. The van der Waals surface area contributed by atoms with Gasteiger partial charge in [-0.05, 0) is 24.0 Å². The van der Waals surface area contributed by atoms with E-state index in [0.717, 1.165) is 11.1 Å². The number of amides is 4. The summed E-state index contributed by atoms with van der Waals surface area (Å²) in [5, 5.41) is 19.7. The van der Waals surface area contributed by atoms with E-state index in [1.165, 1.54) is 6.92 Å². The first-order valence-electron chi connectivity index (χ1n) is 12.7. The van der Waals surface area contributed by atoms with Crippen LogP contribution in [0.2, 0.25) is 0 Å². The van der Waals surface area contributed by atoms with Crippen molar-refractivity contribution in [2.45, 2.75) is 57.8 Å². The Morgan fingerprint density at radius 1 is 0.718 bits per heavy atom. The summed E-state index contributed by atoms with van der Waals surface area (Å²) >= 11 is 0. The Labute approximate surface area is 227 Å². The van der Waals surface area contributed by atoms with Crippen LogP contribution in [0.25, 0.3) is 0 Å². The Balaban J connectivity index is 2.00. The fraction of sp³-hybridized carbons (Fsp3) is 0.393. The molecule has 4 unspecified atom stereocenters. The Morgan fingerprint density at radius 2 is 1.21 bits per heavy atom. The molecule has 0 aliphatic heterocycles. The summed E-state index contributed by atoms with van der Waals surface area (Å²) in [6.45, 7) is 4.44. The van der Waals surface area contributed by atoms with E-state index in [1.807, 2.05) is 6.07 Å². The average Bonchev–Trinajstić information content (AvgIpc) is 2.90. The Hall–Kier alpha value is -4.25. The van der Waals surface area contributed by atoms with Crippen LogP contribution < -0.4 is 27.0 Å². The minimum Gasteiger partial charge on any atom is -0.480 e. The molecule has 2 aromatic rings. The number of hydrogen-bond donors (Lipinski definition) is 6. The maximum atomic E-state index is 12.9. The lowest BCUT2D eigenvalue weighted by molar-refractivity contribution is -0.142. The van der Waals surface area contributed by atoms with Gasteiger partial charge in [-0.1, -0.05) is 74.5 Å². The number of carboxylic acids is 1. The summed E-state index contributed by atoms with van der Waals surface area (Å²) in [5.41, 5.74) is 7.16. The second-order valence-corrected chi connectivity index (χ2v) is 9.64. The van der Waals surface area contributed by atoms with Crippen LogP contribution in [0.4, 0.5) is 0 Å². The van der Waals surface area contributed by atoms with E-state index < -0.39 is 60.3 Å². The fourth-order valence-electron chi connectivity index (χ4n) is 3.72. The molecule has 0 radical (unpaired) electrons. The van der Waals surface area contributed by atoms with Crippen LogP contribution in [0.3, 0.4) is 0 Å². The van der Waals surface area contributed by atoms with Crippen molar-refractivity contribution in [3.8, 4) is 0 Å². The average molecular weight is 540 g/mol. The number of carbonyl (C=O) groups is 5. The highest BCUT2D eigenvalue weighted by atomic mass is 16.4. The van der Waals surface area contributed by atoms with Gasteiger partial charge < -0.3 is 32.1 Å². The van der Waals surface area contributed by atoms with Crippen LogP contribution in [0.5, 0.6) is 0 Å². The number of aliphatic carboxylic acids is 1. The predicted molar refractivity (Wildman–Crippen MR) is 145 cm³/mol. The lowest BCUT2D eigenvalue weighted by atomic mass is 10.0. The fourth-order valence-corrected chi connectivity index (χ4v) is 3.72. The van der Waals surface area contributed by atoms with Crippen LogP contribution in [0.15, 0.2) is 60.7 Å². The molecule has 0 aliphatic carbocycles. The number of carboxylic acid groups (broad SMARTS) is 1. The van der Waals surface area contributed by atoms with Gasteiger partial charge in [0.25, 0.3) is 0 Å². The first kappa shape index (κ1) is 31.0. The molecule has 4 atom stereocenters. The van der Waals surface area contributed by atoms with Crippen LogP contribution in [0, 0.1) is 5.92 Å². The minimum atomic E-state index is -1.20. The van der Waals surface area contributed by atoms with Crippen LogP contribution in [0.1, 0.15) is 31.9 Å². The molecule has 210 valence electrons. The molecule has 0 aromatic heterocycles. The maximum absolute atomic E-state index is 12.9. The van der Waals surface area contributed by atoms with E-state index in [1.54, 1.807) is 68.4 Å². The van der Waals surface area contributed by atoms with E-state index in [2.05, 4.69) is 21.3 Å². The smallest absolute Gasteiger partial charge is 0.326 e. The Kier molecular flexibility index (Phi) is 12.1. The van der Waals surface area contributed by atoms with E-state index in [-0.39, 0.29) is 18.8 Å². The van der Waals surface area contributed by atoms with Crippen molar-refractivity contribution in [3.63, 3.8) is 0 Å². The third-order valence-corrected chi connectivity index (χ3v) is 5.92. The van der Waals surface area contributed by atoms with Gasteiger partial charge >= 0.3 is 5.97 Å². The normalized spacial score (nSPS) is 13.9. The summed E-state index contributed by atoms with van der Waals surface area (Å²) in [5.74, 6) is -3.99. The molecule has 0 fully saturated rings. The molecule has 2 aromatic carbocycles. The van der Waals surface area contributed by atoms with Crippen LogP contribution >= 0.6 is 0 Å². The number of nitrogens with two attached hydrogens (primary N) is 1. The quantitative estimate of drug-likeness (QED) is 0.197. The standard InChI is InChI=1S/C28H37N5O6/c1-17(2)24(27(37)32-22(28(38)39)15-20-12-8-5-9-13-20)33-23(34)16-30-26(36)21(31-25(35)18(3)29)14-19-10-6-4-7-11-19/h4-13,17-18,21-22,24H,14-16,29H2,1-3H3,(H,30,36)(H,31,35)(H,32,37)(H,33,34)(H,38,39). The van der Waals surface area contributed by atoms with Crippen LogP contribution in [-0.2, 0) is 36.8 Å². The highest BCUT2D eigenvalue weighted by Crippen LogP contribution is 2.07. The highest BCUT2D eigenvalue weighted by Gasteiger charge is 2.29. The summed E-state index contributed by atoms with van der Waals surface area (Å²) in [4.78, 5) is 62.4. The van der Waals surface area contributed by atoms with E-state index in [4.69, 9.17) is 5.73 Å².